The molecule has 0 aliphatic rings. The van der Waals surface area contributed by atoms with Gasteiger partial charge >= 0.3 is 0 Å². The number of para-hydroxylation sites is 1. The normalized spacial score (nSPS) is 11.8. The minimum atomic E-state index is 1.15. The van der Waals surface area contributed by atoms with E-state index in [2.05, 4.69) is 51.1 Å². The van der Waals surface area contributed by atoms with Gasteiger partial charge in [-0.25, -0.2) is 0 Å². The van der Waals surface area contributed by atoms with Gasteiger partial charge in [0.1, 0.15) is 5.69 Å². The Kier molecular flexibility index (Phi) is 8.60. The molecule has 0 aromatic heterocycles. The third kappa shape index (κ3) is 5.28. The van der Waals surface area contributed by atoms with E-state index < -0.39 is 0 Å². The minimum absolute atomic E-state index is 1.15. The lowest BCUT2D eigenvalue weighted by Crippen LogP contribution is -2.49. The largest absolute Gasteiger partial charge is 0.292 e. The molecule has 0 aliphatic carbocycles. The fourth-order valence-electron chi connectivity index (χ4n) is 3.15. The molecule has 1 heteroatoms. The molecule has 20 heavy (non-hydrogen) atoms. The van der Waals surface area contributed by atoms with Gasteiger partial charge in [0, 0.05) is 0 Å². The minimum Gasteiger partial charge on any atom is -0.292 e. The lowest BCUT2D eigenvalue weighted by molar-refractivity contribution is 0.291. The number of unbranched alkanes of at least 4 members (excludes halogenated alkanes) is 6. The van der Waals surface area contributed by atoms with Crippen LogP contribution >= 0.6 is 0 Å². The molecule has 0 fully saturated rings. The van der Waals surface area contributed by atoms with Gasteiger partial charge in [0.15, 0.2) is 0 Å². The first-order valence-electron chi connectivity index (χ1n) is 8.70. The van der Waals surface area contributed by atoms with Gasteiger partial charge in [0.25, 0.3) is 0 Å². The van der Waals surface area contributed by atoms with Gasteiger partial charge in [0.05, 0.1) is 19.6 Å². The van der Waals surface area contributed by atoms with Crippen molar-refractivity contribution in [1.82, 2.24) is 4.48 Å². The molecule has 0 radical (unpaired) electrons. The SMILES string of the molecule is CCCCCCCCC[N+](CC)(CC)c1ccccc1. The molecule has 0 saturated heterocycles. The summed E-state index contributed by atoms with van der Waals surface area (Å²) in [6, 6.07) is 11.1. The van der Waals surface area contributed by atoms with Crippen LogP contribution in [0, 0.1) is 0 Å². The highest BCUT2D eigenvalue weighted by Crippen LogP contribution is 2.23. The lowest BCUT2D eigenvalue weighted by Gasteiger charge is -2.36. The first kappa shape index (κ1) is 17.2. The van der Waals surface area contributed by atoms with E-state index in [1.807, 2.05) is 0 Å². The number of quaternary nitrogens is 1. The average molecular weight is 276 g/mol. The first-order valence-corrected chi connectivity index (χ1v) is 8.70. The van der Waals surface area contributed by atoms with Crippen LogP contribution in [0.4, 0.5) is 5.69 Å². The van der Waals surface area contributed by atoms with E-state index in [4.69, 9.17) is 0 Å². The van der Waals surface area contributed by atoms with Gasteiger partial charge in [-0.15, -0.1) is 0 Å². The second-order valence-electron chi connectivity index (χ2n) is 5.96. The van der Waals surface area contributed by atoms with Gasteiger partial charge < -0.3 is 0 Å². The molecule has 0 heterocycles. The standard InChI is InChI=1S/C19H34N/c1-4-7-8-9-10-11-15-18-20(5-2,6-3)19-16-13-12-14-17-19/h12-14,16-17H,4-11,15,18H2,1-3H3/q+1. The number of nitrogens with zero attached hydrogens (tertiary/aromatic N) is 1. The van der Waals surface area contributed by atoms with Gasteiger partial charge in [-0.05, 0) is 38.8 Å². The highest BCUT2D eigenvalue weighted by molar-refractivity contribution is 5.42. The molecular weight excluding hydrogens is 242 g/mol. The maximum Gasteiger partial charge on any atom is 0.132 e. The van der Waals surface area contributed by atoms with E-state index in [9.17, 15) is 0 Å². The van der Waals surface area contributed by atoms with E-state index >= 15 is 0 Å². The van der Waals surface area contributed by atoms with Crippen molar-refractivity contribution in [3.8, 4) is 0 Å². The van der Waals surface area contributed by atoms with Gasteiger partial charge in [-0.3, -0.25) is 4.48 Å². The van der Waals surface area contributed by atoms with E-state index in [1.54, 1.807) is 0 Å². The number of hydrogen-bond acceptors (Lipinski definition) is 0. The van der Waals surface area contributed by atoms with E-state index in [0.29, 0.717) is 0 Å². The zero-order valence-corrected chi connectivity index (χ0v) is 13.9. The van der Waals surface area contributed by atoms with Crippen molar-refractivity contribution in [3.63, 3.8) is 0 Å². The Bertz CT molecular complexity index is 327. The summed E-state index contributed by atoms with van der Waals surface area (Å²) < 4.78 is 1.15. The number of benzene rings is 1. The van der Waals surface area contributed by atoms with Crippen molar-refractivity contribution >= 4 is 5.69 Å². The van der Waals surface area contributed by atoms with Crippen LogP contribution in [0.5, 0.6) is 0 Å². The van der Waals surface area contributed by atoms with E-state index in [-0.39, 0.29) is 0 Å². The van der Waals surface area contributed by atoms with Crippen LogP contribution in [0.3, 0.4) is 0 Å². The predicted octanol–water partition coefficient (Wildman–Crippen LogP) is 5.78. The molecule has 1 aromatic carbocycles. The van der Waals surface area contributed by atoms with Gasteiger partial charge in [-0.1, -0.05) is 57.2 Å². The third-order valence-electron chi connectivity index (χ3n) is 4.70. The van der Waals surface area contributed by atoms with E-state index in [0.717, 1.165) is 4.48 Å². The van der Waals surface area contributed by atoms with Crippen LogP contribution < -0.4 is 4.48 Å². The summed E-state index contributed by atoms with van der Waals surface area (Å²) in [4.78, 5) is 0. The van der Waals surface area contributed by atoms with Crippen LogP contribution in [0.15, 0.2) is 30.3 Å². The zero-order chi connectivity index (χ0) is 14.7. The molecule has 0 aliphatic heterocycles. The molecule has 0 N–H and O–H groups in total. The van der Waals surface area contributed by atoms with Crippen LogP contribution in [-0.2, 0) is 0 Å². The van der Waals surface area contributed by atoms with Gasteiger partial charge in [0.2, 0.25) is 0 Å². The smallest absolute Gasteiger partial charge is 0.132 e. The van der Waals surface area contributed by atoms with Crippen molar-refractivity contribution < 1.29 is 0 Å². The van der Waals surface area contributed by atoms with Crippen LogP contribution in [-0.4, -0.2) is 19.6 Å². The summed E-state index contributed by atoms with van der Waals surface area (Å²) in [6.45, 7) is 10.7. The predicted molar refractivity (Wildman–Crippen MR) is 92.2 cm³/mol. The molecule has 0 atom stereocenters. The van der Waals surface area contributed by atoms with Crippen molar-refractivity contribution in [2.24, 2.45) is 0 Å². The van der Waals surface area contributed by atoms with Crippen molar-refractivity contribution in [2.75, 3.05) is 19.6 Å². The molecule has 0 saturated carbocycles. The monoisotopic (exact) mass is 276 g/mol. The molecule has 1 rings (SSSR count). The molecule has 114 valence electrons. The summed E-state index contributed by atoms with van der Waals surface area (Å²) in [5.41, 5.74) is 1.49. The first-order chi connectivity index (χ1) is 9.79. The molecule has 1 aromatic rings. The molecular formula is C19H34N+. The maximum atomic E-state index is 2.33. The highest BCUT2D eigenvalue weighted by Gasteiger charge is 2.25. The Morgan fingerprint density at radius 2 is 1.25 bits per heavy atom. The molecule has 0 amide bonds. The molecule has 1 nitrogen and oxygen atoms in total. The topological polar surface area (TPSA) is 0 Å². The highest BCUT2D eigenvalue weighted by atomic mass is 15.3. The Labute approximate surface area is 126 Å². The maximum absolute atomic E-state index is 2.33. The Balaban J connectivity index is 2.40. The summed E-state index contributed by atoms with van der Waals surface area (Å²) >= 11 is 0. The number of rotatable bonds is 11. The van der Waals surface area contributed by atoms with Gasteiger partial charge in [-0.2, -0.15) is 0 Å². The Hall–Kier alpha value is -0.820. The van der Waals surface area contributed by atoms with Crippen molar-refractivity contribution in [3.05, 3.63) is 30.3 Å². The third-order valence-corrected chi connectivity index (χ3v) is 4.70. The van der Waals surface area contributed by atoms with Crippen LogP contribution in [0.1, 0.15) is 65.7 Å². The van der Waals surface area contributed by atoms with E-state index in [1.165, 1.54) is 70.3 Å². The summed E-state index contributed by atoms with van der Waals surface area (Å²) in [5, 5.41) is 0. The number of hydrogen-bond donors (Lipinski definition) is 0. The fourth-order valence-corrected chi connectivity index (χ4v) is 3.15. The average Bonchev–Trinajstić information content (AvgIpc) is 2.52. The summed E-state index contributed by atoms with van der Waals surface area (Å²) in [5.74, 6) is 0. The second-order valence-corrected chi connectivity index (χ2v) is 5.96. The summed E-state index contributed by atoms with van der Waals surface area (Å²) in [7, 11) is 0. The molecule has 0 bridgehead atoms. The van der Waals surface area contributed by atoms with Crippen molar-refractivity contribution in [2.45, 2.75) is 65.7 Å². The molecule has 0 unspecified atom stereocenters. The second kappa shape index (κ2) is 9.99. The lowest BCUT2D eigenvalue weighted by atomic mass is 10.1. The quantitative estimate of drug-likeness (QED) is 0.355. The van der Waals surface area contributed by atoms with Crippen LogP contribution in [0.2, 0.25) is 0 Å². The Morgan fingerprint density at radius 3 is 1.80 bits per heavy atom. The fraction of sp³-hybridized carbons (Fsp3) is 0.684. The zero-order valence-electron chi connectivity index (χ0n) is 13.9. The Morgan fingerprint density at radius 1 is 0.700 bits per heavy atom. The molecule has 0 spiro atoms. The van der Waals surface area contributed by atoms with Crippen LogP contribution in [0.25, 0.3) is 0 Å². The summed E-state index contributed by atoms with van der Waals surface area (Å²) in [6.07, 6.45) is 9.79. The van der Waals surface area contributed by atoms with Crippen molar-refractivity contribution in [1.29, 1.82) is 0 Å².